The van der Waals surface area contributed by atoms with Crippen molar-refractivity contribution in [3.05, 3.63) is 27.8 Å². The minimum Gasteiger partial charge on any atom is -0.393 e. The molecule has 0 atom stereocenters. The van der Waals surface area contributed by atoms with Crippen molar-refractivity contribution < 1.29 is 13.3 Å². The maximum atomic E-state index is 12.0. The van der Waals surface area contributed by atoms with E-state index in [4.69, 9.17) is 5.73 Å². The molecule has 0 aromatic heterocycles. The van der Waals surface area contributed by atoms with Crippen LogP contribution in [0.4, 0.5) is 17.1 Å². The van der Waals surface area contributed by atoms with Crippen molar-refractivity contribution in [3.8, 4) is 0 Å². The summed E-state index contributed by atoms with van der Waals surface area (Å²) < 4.78 is 25.2. The maximum absolute atomic E-state index is 12.0. The highest BCUT2D eigenvalue weighted by molar-refractivity contribution is 7.92. The molecule has 2 N–H and O–H groups in total. The molecule has 0 aliphatic carbocycles. The van der Waals surface area contributed by atoms with Gasteiger partial charge in [0.15, 0.2) is 0 Å². The van der Waals surface area contributed by atoms with Gasteiger partial charge in [-0.1, -0.05) is 0 Å². The second kappa shape index (κ2) is 4.69. The Labute approximate surface area is 111 Å². The van der Waals surface area contributed by atoms with E-state index in [0.717, 1.165) is 6.42 Å². The number of nitro benzene ring substituents is 1. The third kappa shape index (κ3) is 2.48. The fourth-order valence-corrected chi connectivity index (χ4v) is 3.76. The largest absolute Gasteiger partial charge is 0.393 e. The SMILES string of the molecule is Cc1cc(N2CCCCS2(=O)=O)cc([N+](=O)[O-])c1N. The lowest BCUT2D eigenvalue weighted by Gasteiger charge is -2.28. The van der Waals surface area contributed by atoms with E-state index < -0.39 is 14.9 Å². The van der Waals surface area contributed by atoms with E-state index in [0.29, 0.717) is 24.2 Å². The van der Waals surface area contributed by atoms with E-state index in [-0.39, 0.29) is 17.1 Å². The van der Waals surface area contributed by atoms with Crippen LogP contribution >= 0.6 is 0 Å². The predicted octanol–water partition coefficient (Wildman–Crippen LogP) is 1.42. The van der Waals surface area contributed by atoms with Crippen molar-refractivity contribution in [3.63, 3.8) is 0 Å². The number of anilines is 2. The van der Waals surface area contributed by atoms with Crippen LogP contribution in [0.1, 0.15) is 18.4 Å². The molecule has 1 saturated heterocycles. The van der Waals surface area contributed by atoms with Gasteiger partial charge in [-0.3, -0.25) is 14.4 Å². The van der Waals surface area contributed by atoms with Crippen LogP contribution in [0.2, 0.25) is 0 Å². The van der Waals surface area contributed by atoms with Crippen LogP contribution in [0.15, 0.2) is 12.1 Å². The summed E-state index contributed by atoms with van der Waals surface area (Å²) in [6.45, 7) is 1.98. The number of hydrogen-bond donors (Lipinski definition) is 1. The van der Waals surface area contributed by atoms with Gasteiger partial charge in [-0.05, 0) is 31.4 Å². The molecule has 0 amide bonds. The van der Waals surface area contributed by atoms with E-state index in [1.807, 2.05) is 0 Å². The molecule has 0 saturated carbocycles. The van der Waals surface area contributed by atoms with Gasteiger partial charge in [0.2, 0.25) is 10.0 Å². The Kier molecular flexibility index (Phi) is 3.36. The van der Waals surface area contributed by atoms with Crippen LogP contribution in [-0.4, -0.2) is 25.6 Å². The minimum atomic E-state index is -3.38. The molecule has 104 valence electrons. The second-order valence-corrected chi connectivity index (χ2v) is 6.56. The number of nitrogen functional groups attached to an aromatic ring is 1. The first-order valence-corrected chi connectivity index (χ1v) is 7.49. The fraction of sp³-hybridized carbons (Fsp3) is 0.455. The Morgan fingerprint density at radius 2 is 2.05 bits per heavy atom. The van der Waals surface area contributed by atoms with Gasteiger partial charge in [0.1, 0.15) is 5.69 Å². The molecular formula is C11H15N3O4S. The zero-order chi connectivity index (χ0) is 14.2. The number of nitro groups is 1. The summed E-state index contributed by atoms with van der Waals surface area (Å²) in [6, 6.07) is 2.80. The van der Waals surface area contributed by atoms with Crippen LogP contribution < -0.4 is 10.0 Å². The Balaban J connectivity index is 2.54. The normalized spacial score (nSPS) is 18.3. The monoisotopic (exact) mass is 285 g/mol. The lowest BCUT2D eigenvalue weighted by atomic mass is 10.1. The van der Waals surface area contributed by atoms with Crippen LogP contribution in [0.3, 0.4) is 0 Å². The molecule has 0 spiro atoms. The summed E-state index contributed by atoms with van der Waals surface area (Å²) >= 11 is 0. The fourth-order valence-electron chi connectivity index (χ4n) is 2.13. The third-order valence-electron chi connectivity index (χ3n) is 3.18. The molecule has 1 aliphatic rings. The summed E-state index contributed by atoms with van der Waals surface area (Å²) in [5, 5.41) is 10.9. The summed E-state index contributed by atoms with van der Waals surface area (Å²) in [6.07, 6.45) is 1.37. The second-order valence-electron chi connectivity index (χ2n) is 4.55. The van der Waals surface area contributed by atoms with Gasteiger partial charge in [0.25, 0.3) is 5.69 Å². The molecule has 0 radical (unpaired) electrons. The average Bonchev–Trinajstić information content (AvgIpc) is 2.31. The molecule has 1 aliphatic heterocycles. The molecule has 8 heteroatoms. The lowest BCUT2D eigenvalue weighted by Crippen LogP contribution is -2.37. The Hall–Kier alpha value is -1.83. The van der Waals surface area contributed by atoms with Gasteiger partial charge >= 0.3 is 0 Å². The van der Waals surface area contributed by atoms with Crippen LogP contribution in [-0.2, 0) is 10.0 Å². The number of aryl methyl sites for hydroxylation is 1. The van der Waals surface area contributed by atoms with Gasteiger partial charge in [0, 0.05) is 12.6 Å². The van der Waals surface area contributed by atoms with Crippen molar-refractivity contribution in [2.45, 2.75) is 19.8 Å². The highest BCUT2D eigenvalue weighted by Crippen LogP contribution is 2.33. The third-order valence-corrected chi connectivity index (χ3v) is 5.05. The number of rotatable bonds is 2. The van der Waals surface area contributed by atoms with Crippen molar-refractivity contribution in [1.29, 1.82) is 0 Å². The first-order valence-electron chi connectivity index (χ1n) is 5.88. The van der Waals surface area contributed by atoms with E-state index >= 15 is 0 Å². The highest BCUT2D eigenvalue weighted by Gasteiger charge is 2.28. The number of nitrogens with zero attached hydrogens (tertiary/aromatic N) is 2. The van der Waals surface area contributed by atoms with Gasteiger partial charge in [0.05, 0.1) is 16.4 Å². The van der Waals surface area contributed by atoms with Gasteiger partial charge in [-0.2, -0.15) is 0 Å². The number of sulfonamides is 1. The lowest BCUT2D eigenvalue weighted by molar-refractivity contribution is -0.383. The van der Waals surface area contributed by atoms with Gasteiger partial charge < -0.3 is 5.73 Å². The van der Waals surface area contributed by atoms with E-state index in [2.05, 4.69) is 0 Å². The van der Waals surface area contributed by atoms with Crippen molar-refractivity contribution in [1.82, 2.24) is 0 Å². The molecule has 1 fully saturated rings. The topological polar surface area (TPSA) is 107 Å². The molecule has 2 rings (SSSR count). The molecular weight excluding hydrogens is 270 g/mol. The van der Waals surface area contributed by atoms with Gasteiger partial charge in [-0.15, -0.1) is 0 Å². The van der Waals surface area contributed by atoms with Gasteiger partial charge in [-0.25, -0.2) is 8.42 Å². The van der Waals surface area contributed by atoms with E-state index in [9.17, 15) is 18.5 Å². The Morgan fingerprint density at radius 1 is 1.37 bits per heavy atom. The molecule has 1 aromatic carbocycles. The summed E-state index contributed by atoms with van der Waals surface area (Å²) in [5.74, 6) is 0.0736. The molecule has 0 unspecified atom stereocenters. The van der Waals surface area contributed by atoms with Crippen LogP contribution in [0.25, 0.3) is 0 Å². The zero-order valence-corrected chi connectivity index (χ0v) is 11.3. The molecule has 0 bridgehead atoms. The van der Waals surface area contributed by atoms with Crippen molar-refractivity contribution in [2.24, 2.45) is 0 Å². The predicted molar refractivity (Wildman–Crippen MR) is 72.6 cm³/mol. The number of hydrogen-bond acceptors (Lipinski definition) is 5. The zero-order valence-electron chi connectivity index (χ0n) is 10.5. The Morgan fingerprint density at radius 3 is 2.63 bits per heavy atom. The first-order chi connectivity index (χ1) is 8.83. The smallest absolute Gasteiger partial charge is 0.294 e. The van der Waals surface area contributed by atoms with Crippen LogP contribution in [0, 0.1) is 17.0 Å². The number of benzene rings is 1. The van der Waals surface area contributed by atoms with E-state index in [1.54, 1.807) is 13.0 Å². The quantitative estimate of drug-likeness (QED) is 0.502. The maximum Gasteiger partial charge on any atom is 0.294 e. The number of nitrogens with two attached hydrogens (primary N) is 1. The highest BCUT2D eigenvalue weighted by atomic mass is 32.2. The summed E-state index contributed by atoms with van der Waals surface area (Å²) in [5.41, 5.74) is 6.28. The molecule has 7 nitrogen and oxygen atoms in total. The van der Waals surface area contributed by atoms with Crippen LogP contribution in [0.5, 0.6) is 0 Å². The molecule has 1 aromatic rings. The minimum absolute atomic E-state index is 0.0724. The average molecular weight is 285 g/mol. The van der Waals surface area contributed by atoms with E-state index in [1.165, 1.54) is 10.4 Å². The first kappa shape index (κ1) is 13.6. The van der Waals surface area contributed by atoms with Crippen molar-refractivity contribution >= 4 is 27.1 Å². The molecule has 19 heavy (non-hydrogen) atoms. The summed E-state index contributed by atoms with van der Waals surface area (Å²) in [4.78, 5) is 10.3. The standard InChI is InChI=1S/C11H15N3O4S/c1-8-6-9(7-10(11(8)12)14(15)16)13-4-2-3-5-19(13,17)18/h6-7H,2-5,12H2,1H3. The summed E-state index contributed by atoms with van der Waals surface area (Å²) in [7, 11) is -3.38. The molecule has 1 heterocycles. The van der Waals surface area contributed by atoms with Crippen molar-refractivity contribution in [2.75, 3.05) is 22.3 Å². The Bertz CT molecular complexity index is 627.